The molecule has 0 aliphatic carbocycles. The Bertz CT molecular complexity index is 459. The molecule has 6 heteroatoms. The number of oxime groups is 1. The summed E-state index contributed by atoms with van der Waals surface area (Å²) < 4.78 is 0. The molecule has 0 spiro atoms. The maximum absolute atomic E-state index is 8.79. The molecule has 1 aromatic heterocycles. The minimum absolute atomic E-state index is 0.112. The first-order chi connectivity index (χ1) is 9.47. The average molecular weight is 279 g/mol. The molecule has 1 heterocycles. The molecular weight excluding hydrogens is 254 g/mol. The van der Waals surface area contributed by atoms with E-state index in [2.05, 4.69) is 41.0 Å². The number of aromatic nitrogens is 1. The lowest BCUT2D eigenvalue weighted by Gasteiger charge is -2.23. The molecule has 0 fully saturated rings. The van der Waals surface area contributed by atoms with Gasteiger partial charge in [-0.1, -0.05) is 5.16 Å². The zero-order chi connectivity index (χ0) is 15.1. The first kappa shape index (κ1) is 16.2. The van der Waals surface area contributed by atoms with Gasteiger partial charge in [-0.05, 0) is 53.0 Å². The smallest absolute Gasteiger partial charge is 0.170 e. The molecule has 1 aromatic rings. The van der Waals surface area contributed by atoms with Crippen molar-refractivity contribution in [3.8, 4) is 0 Å². The first-order valence-electron chi connectivity index (χ1n) is 6.84. The second-order valence-electron chi connectivity index (χ2n) is 5.08. The van der Waals surface area contributed by atoms with Crippen molar-refractivity contribution in [1.29, 1.82) is 0 Å². The van der Waals surface area contributed by atoms with Gasteiger partial charge in [0.15, 0.2) is 5.84 Å². The van der Waals surface area contributed by atoms with Crippen LogP contribution in [0.5, 0.6) is 0 Å². The maximum Gasteiger partial charge on any atom is 0.170 e. The van der Waals surface area contributed by atoms with E-state index >= 15 is 0 Å². The molecule has 0 saturated carbocycles. The number of nitrogens with two attached hydrogens (primary N) is 1. The maximum atomic E-state index is 8.79. The van der Waals surface area contributed by atoms with Crippen LogP contribution >= 0.6 is 0 Å². The third-order valence-corrected chi connectivity index (χ3v) is 3.08. The average Bonchev–Trinajstić information content (AvgIpc) is 2.41. The van der Waals surface area contributed by atoms with Crippen molar-refractivity contribution in [2.45, 2.75) is 20.3 Å². The summed E-state index contributed by atoms with van der Waals surface area (Å²) in [6.07, 6.45) is 1.06. The highest BCUT2D eigenvalue weighted by Crippen LogP contribution is 2.15. The molecule has 0 unspecified atom stereocenters. The van der Waals surface area contributed by atoms with Crippen molar-refractivity contribution in [3.05, 3.63) is 23.4 Å². The van der Waals surface area contributed by atoms with Crippen LogP contribution in [-0.4, -0.2) is 54.7 Å². The molecule has 0 amide bonds. The van der Waals surface area contributed by atoms with Crippen molar-refractivity contribution in [2.75, 3.05) is 38.6 Å². The first-order valence-corrected chi connectivity index (χ1v) is 6.84. The number of anilines is 1. The molecule has 112 valence electrons. The Kier molecular flexibility index (Phi) is 6.24. The Morgan fingerprint density at radius 2 is 2.05 bits per heavy atom. The third-order valence-electron chi connectivity index (χ3n) is 3.08. The molecule has 0 saturated heterocycles. The van der Waals surface area contributed by atoms with Gasteiger partial charge in [-0.25, -0.2) is 4.98 Å². The van der Waals surface area contributed by atoms with Gasteiger partial charge in [-0.3, -0.25) is 0 Å². The summed E-state index contributed by atoms with van der Waals surface area (Å²) in [6, 6.07) is 3.67. The highest BCUT2D eigenvalue weighted by atomic mass is 16.4. The van der Waals surface area contributed by atoms with Gasteiger partial charge in [0.25, 0.3) is 0 Å². The van der Waals surface area contributed by atoms with Gasteiger partial charge in [0.2, 0.25) is 0 Å². The molecule has 0 aliphatic heterocycles. The molecule has 6 nitrogen and oxygen atoms in total. The van der Waals surface area contributed by atoms with E-state index in [1.54, 1.807) is 0 Å². The summed E-state index contributed by atoms with van der Waals surface area (Å²) in [7, 11) is 4.13. The van der Waals surface area contributed by atoms with E-state index in [-0.39, 0.29) is 5.84 Å². The number of rotatable bonds is 7. The van der Waals surface area contributed by atoms with Crippen molar-refractivity contribution in [2.24, 2.45) is 10.9 Å². The second-order valence-corrected chi connectivity index (χ2v) is 5.08. The van der Waals surface area contributed by atoms with E-state index in [0.29, 0.717) is 5.56 Å². The third kappa shape index (κ3) is 4.70. The molecule has 20 heavy (non-hydrogen) atoms. The number of amidine groups is 1. The summed E-state index contributed by atoms with van der Waals surface area (Å²) in [5.41, 5.74) is 7.21. The van der Waals surface area contributed by atoms with Crippen LogP contribution < -0.4 is 10.6 Å². The number of pyridine rings is 1. The van der Waals surface area contributed by atoms with Crippen molar-refractivity contribution in [3.63, 3.8) is 0 Å². The van der Waals surface area contributed by atoms with Crippen LogP contribution in [-0.2, 0) is 0 Å². The summed E-state index contributed by atoms with van der Waals surface area (Å²) in [5.74, 6) is 0.981. The lowest BCUT2D eigenvalue weighted by atomic mass is 10.2. The molecule has 0 aromatic carbocycles. The van der Waals surface area contributed by atoms with Crippen LogP contribution in [0.2, 0.25) is 0 Å². The van der Waals surface area contributed by atoms with Gasteiger partial charge < -0.3 is 20.7 Å². The lowest BCUT2D eigenvalue weighted by Crippen LogP contribution is -2.28. The fourth-order valence-electron chi connectivity index (χ4n) is 2.03. The van der Waals surface area contributed by atoms with E-state index in [1.807, 2.05) is 19.1 Å². The van der Waals surface area contributed by atoms with Crippen molar-refractivity contribution in [1.82, 2.24) is 9.88 Å². The Labute approximate surface area is 120 Å². The molecular formula is C14H25N5O. The Balaban J connectivity index is 2.89. The fourth-order valence-corrected chi connectivity index (χ4v) is 2.03. The fraction of sp³-hybridized carbons (Fsp3) is 0.571. The number of hydrogen-bond donors (Lipinski definition) is 2. The van der Waals surface area contributed by atoms with E-state index in [4.69, 9.17) is 10.9 Å². The van der Waals surface area contributed by atoms with Crippen LogP contribution in [0, 0.1) is 6.92 Å². The Hall–Kier alpha value is -1.82. The van der Waals surface area contributed by atoms with Crippen molar-refractivity contribution >= 4 is 11.7 Å². The molecule has 0 atom stereocenters. The standard InChI is InChI=1S/C14H25N5O/c1-5-19(8-6-7-18(3)4)13-10-12(14(15)17-20)9-11(2)16-13/h9-10,20H,5-8H2,1-4H3,(H2,15,17). The zero-order valence-corrected chi connectivity index (χ0v) is 12.8. The second kappa shape index (κ2) is 7.69. The monoisotopic (exact) mass is 279 g/mol. The number of aryl methyl sites for hydroxylation is 1. The van der Waals surface area contributed by atoms with Crippen LogP contribution in [0.25, 0.3) is 0 Å². The number of hydrogen-bond acceptors (Lipinski definition) is 5. The highest BCUT2D eigenvalue weighted by molar-refractivity contribution is 5.97. The lowest BCUT2D eigenvalue weighted by molar-refractivity contribution is 0.318. The highest BCUT2D eigenvalue weighted by Gasteiger charge is 2.10. The van der Waals surface area contributed by atoms with E-state index in [9.17, 15) is 0 Å². The van der Waals surface area contributed by atoms with Gasteiger partial charge in [0.1, 0.15) is 5.82 Å². The van der Waals surface area contributed by atoms with Gasteiger partial charge in [-0.2, -0.15) is 0 Å². The molecule has 1 rings (SSSR count). The van der Waals surface area contributed by atoms with E-state index in [0.717, 1.165) is 37.6 Å². The topological polar surface area (TPSA) is 78.0 Å². The quantitative estimate of drug-likeness (QED) is 0.340. The summed E-state index contributed by atoms with van der Waals surface area (Å²) in [5, 5.41) is 11.8. The van der Waals surface area contributed by atoms with Crippen LogP contribution in [0.3, 0.4) is 0 Å². The largest absolute Gasteiger partial charge is 0.409 e. The molecule has 0 bridgehead atoms. The van der Waals surface area contributed by atoms with E-state index in [1.165, 1.54) is 0 Å². The van der Waals surface area contributed by atoms with Gasteiger partial charge >= 0.3 is 0 Å². The molecule has 0 aliphatic rings. The van der Waals surface area contributed by atoms with Gasteiger partial charge in [0, 0.05) is 24.3 Å². The van der Waals surface area contributed by atoms with Crippen LogP contribution in [0.1, 0.15) is 24.6 Å². The normalized spacial score (nSPS) is 11.9. The minimum Gasteiger partial charge on any atom is -0.409 e. The number of nitrogens with zero attached hydrogens (tertiary/aromatic N) is 4. The van der Waals surface area contributed by atoms with Crippen molar-refractivity contribution < 1.29 is 5.21 Å². The summed E-state index contributed by atoms with van der Waals surface area (Å²) >= 11 is 0. The van der Waals surface area contributed by atoms with Gasteiger partial charge in [-0.15, -0.1) is 0 Å². The Morgan fingerprint density at radius 1 is 1.35 bits per heavy atom. The predicted octanol–water partition coefficient (Wildman–Crippen LogP) is 1.26. The predicted molar refractivity (Wildman–Crippen MR) is 82.5 cm³/mol. The zero-order valence-electron chi connectivity index (χ0n) is 12.8. The summed E-state index contributed by atoms with van der Waals surface area (Å²) in [6.45, 7) is 6.85. The van der Waals surface area contributed by atoms with Crippen LogP contribution in [0.4, 0.5) is 5.82 Å². The SMILES string of the molecule is CCN(CCCN(C)C)c1cc(/C(N)=N/O)cc(C)n1. The van der Waals surface area contributed by atoms with E-state index < -0.39 is 0 Å². The van der Waals surface area contributed by atoms with Crippen LogP contribution in [0.15, 0.2) is 17.3 Å². The summed E-state index contributed by atoms with van der Waals surface area (Å²) in [4.78, 5) is 8.90. The molecule has 3 N–H and O–H groups in total. The Morgan fingerprint density at radius 3 is 2.60 bits per heavy atom. The van der Waals surface area contributed by atoms with Gasteiger partial charge in [0.05, 0.1) is 0 Å². The minimum atomic E-state index is 0.112. The molecule has 0 radical (unpaired) electrons.